The molecule has 2 heterocycles. The van der Waals surface area contributed by atoms with Gasteiger partial charge in [0.15, 0.2) is 0 Å². The van der Waals surface area contributed by atoms with Gasteiger partial charge in [-0.25, -0.2) is 0 Å². The van der Waals surface area contributed by atoms with Crippen molar-refractivity contribution in [3.8, 4) is 11.1 Å². The summed E-state index contributed by atoms with van der Waals surface area (Å²) < 4.78 is 0. The number of benzene rings is 2. The van der Waals surface area contributed by atoms with Crippen molar-refractivity contribution in [2.24, 2.45) is 5.41 Å². The van der Waals surface area contributed by atoms with Crippen LogP contribution in [0, 0.1) is 12.3 Å². The molecule has 3 fully saturated rings. The van der Waals surface area contributed by atoms with Crippen LogP contribution in [0.25, 0.3) is 11.1 Å². The van der Waals surface area contributed by atoms with Crippen LogP contribution in [0.2, 0.25) is 0 Å². The Morgan fingerprint density at radius 2 is 1.50 bits per heavy atom. The average molecular weight is 346 g/mol. The van der Waals surface area contributed by atoms with Crippen LogP contribution in [0.4, 0.5) is 5.69 Å². The molecular formula is C25H31N. The lowest BCUT2D eigenvalue weighted by Crippen LogP contribution is -2.60. The number of nitrogens with zero attached hydrogens (tertiary/aromatic N) is 1. The van der Waals surface area contributed by atoms with Crippen LogP contribution >= 0.6 is 0 Å². The van der Waals surface area contributed by atoms with Gasteiger partial charge in [0.2, 0.25) is 0 Å². The summed E-state index contributed by atoms with van der Waals surface area (Å²) in [5, 5.41) is 0. The molecule has 2 aromatic carbocycles. The van der Waals surface area contributed by atoms with Crippen LogP contribution in [0.5, 0.6) is 0 Å². The Bertz CT molecular complexity index is 896. The van der Waals surface area contributed by atoms with E-state index in [1.807, 2.05) is 0 Å². The van der Waals surface area contributed by atoms with Crippen LogP contribution in [0.3, 0.4) is 0 Å². The van der Waals surface area contributed by atoms with E-state index >= 15 is 0 Å². The zero-order valence-corrected chi connectivity index (χ0v) is 16.9. The highest BCUT2D eigenvalue weighted by Gasteiger charge is 2.49. The van der Waals surface area contributed by atoms with E-state index in [2.05, 4.69) is 75.9 Å². The fourth-order valence-electron chi connectivity index (χ4n) is 5.90. The third-order valence-corrected chi connectivity index (χ3v) is 7.92. The molecule has 2 aliphatic carbocycles. The minimum absolute atomic E-state index is 0.0913. The normalized spacial score (nSPS) is 31.0. The molecule has 1 nitrogen and oxygen atoms in total. The quantitative estimate of drug-likeness (QED) is 0.573. The van der Waals surface area contributed by atoms with Gasteiger partial charge in [0.25, 0.3) is 0 Å². The van der Waals surface area contributed by atoms with Gasteiger partial charge in [0.05, 0.1) is 0 Å². The number of hydrogen-bond donors (Lipinski definition) is 0. The van der Waals surface area contributed by atoms with Gasteiger partial charge in [0, 0.05) is 23.2 Å². The van der Waals surface area contributed by atoms with Gasteiger partial charge in [-0.05, 0) is 84.9 Å². The molecule has 2 aliphatic heterocycles. The van der Waals surface area contributed by atoms with Crippen LogP contribution in [0.15, 0.2) is 36.4 Å². The molecule has 26 heavy (non-hydrogen) atoms. The van der Waals surface area contributed by atoms with E-state index in [9.17, 15) is 0 Å². The van der Waals surface area contributed by atoms with Crippen molar-refractivity contribution in [3.63, 3.8) is 0 Å². The second-order valence-electron chi connectivity index (χ2n) is 10.2. The lowest BCUT2D eigenvalue weighted by Gasteiger charge is -2.59. The first-order valence-electron chi connectivity index (χ1n) is 10.3. The van der Waals surface area contributed by atoms with Crippen molar-refractivity contribution < 1.29 is 0 Å². The average Bonchev–Trinajstić information content (AvgIpc) is 2.83. The number of anilines is 1. The maximum absolute atomic E-state index is 2.77. The molecule has 2 bridgehead atoms. The molecule has 0 unspecified atom stereocenters. The molecule has 0 spiro atoms. The predicted molar refractivity (Wildman–Crippen MR) is 111 cm³/mol. The molecule has 1 heteroatoms. The molecule has 0 N–H and O–H groups in total. The van der Waals surface area contributed by atoms with Crippen LogP contribution in [0.1, 0.15) is 70.1 Å². The SMILES string of the molecule is Cc1cc2c(cc1N1CC3(C)CCC1(C)CC3)C(C)(C)c1ccccc1-2. The number of piperidine rings is 2. The van der Waals surface area contributed by atoms with E-state index in [-0.39, 0.29) is 5.41 Å². The first-order chi connectivity index (χ1) is 12.2. The number of rotatable bonds is 1. The van der Waals surface area contributed by atoms with Gasteiger partial charge in [-0.3, -0.25) is 0 Å². The zero-order chi connectivity index (χ0) is 18.3. The topological polar surface area (TPSA) is 3.24 Å². The summed E-state index contributed by atoms with van der Waals surface area (Å²) in [4.78, 5) is 2.77. The Balaban J connectivity index is 1.67. The van der Waals surface area contributed by atoms with Gasteiger partial charge in [0.1, 0.15) is 0 Å². The Kier molecular flexibility index (Phi) is 3.12. The molecule has 2 saturated heterocycles. The van der Waals surface area contributed by atoms with Gasteiger partial charge in [-0.15, -0.1) is 0 Å². The molecule has 6 rings (SSSR count). The van der Waals surface area contributed by atoms with E-state index in [0.717, 1.165) is 0 Å². The summed E-state index contributed by atoms with van der Waals surface area (Å²) in [6.07, 6.45) is 5.45. The van der Waals surface area contributed by atoms with Crippen molar-refractivity contribution in [1.29, 1.82) is 0 Å². The van der Waals surface area contributed by atoms with Crippen molar-refractivity contribution in [3.05, 3.63) is 53.1 Å². The Morgan fingerprint density at radius 1 is 0.808 bits per heavy atom. The number of fused-ring (bicyclic) bond motifs is 6. The highest BCUT2D eigenvalue weighted by atomic mass is 15.2. The summed E-state index contributed by atoms with van der Waals surface area (Å²) in [6.45, 7) is 13.3. The summed E-state index contributed by atoms with van der Waals surface area (Å²) in [5.41, 5.74) is 9.72. The highest BCUT2D eigenvalue weighted by molar-refractivity contribution is 5.83. The lowest BCUT2D eigenvalue weighted by molar-refractivity contribution is 0.0928. The first kappa shape index (κ1) is 16.4. The molecule has 136 valence electrons. The molecule has 0 amide bonds. The van der Waals surface area contributed by atoms with Crippen molar-refractivity contribution in [1.82, 2.24) is 0 Å². The molecule has 0 aromatic heterocycles. The maximum Gasteiger partial charge on any atom is 0.0404 e. The van der Waals surface area contributed by atoms with E-state index < -0.39 is 0 Å². The predicted octanol–water partition coefficient (Wildman–Crippen LogP) is 6.46. The third-order valence-electron chi connectivity index (χ3n) is 7.92. The first-order valence-corrected chi connectivity index (χ1v) is 10.3. The molecule has 0 radical (unpaired) electrons. The Morgan fingerprint density at radius 3 is 2.23 bits per heavy atom. The Labute approximate surface area is 158 Å². The zero-order valence-electron chi connectivity index (χ0n) is 16.9. The van der Waals surface area contributed by atoms with Gasteiger partial charge in [-0.1, -0.05) is 45.0 Å². The molecule has 1 saturated carbocycles. The second kappa shape index (κ2) is 4.94. The van der Waals surface area contributed by atoms with Crippen molar-refractivity contribution in [2.45, 2.75) is 71.3 Å². The standard InChI is InChI=1S/C25H31N/c1-17-14-19-18-8-6-7-9-20(18)23(2,3)21(19)15-22(17)26-16-24(4)10-12-25(26,5)13-11-24/h6-9,14-15H,10-13,16H2,1-5H3. The summed E-state index contributed by atoms with van der Waals surface area (Å²) in [6, 6.07) is 14.0. The van der Waals surface area contributed by atoms with Gasteiger partial charge < -0.3 is 4.90 Å². The summed E-state index contributed by atoms with van der Waals surface area (Å²) >= 11 is 0. The monoisotopic (exact) mass is 345 g/mol. The lowest BCUT2D eigenvalue weighted by atomic mass is 9.63. The highest BCUT2D eigenvalue weighted by Crippen LogP contribution is 2.54. The summed E-state index contributed by atoms with van der Waals surface area (Å²) in [5.74, 6) is 0. The maximum atomic E-state index is 2.77. The van der Waals surface area contributed by atoms with Crippen LogP contribution in [-0.4, -0.2) is 12.1 Å². The van der Waals surface area contributed by atoms with Crippen LogP contribution in [-0.2, 0) is 5.41 Å². The van der Waals surface area contributed by atoms with Crippen molar-refractivity contribution in [2.75, 3.05) is 11.4 Å². The number of aryl methyl sites for hydroxylation is 1. The van der Waals surface area contributed by atoms with E-state index in [0.29, 0.717) is 11.0 Å². The molecule has 2 aromatic rings. The van der Waals surface area contributed by atoms with E-state index in [4.69, 9.17) is 0 Å². The summed E-state index contributed by atoms with van der Waals surface area (Å²) in [7, 11) is 0. The second-order valence-corrected chi connectivity index (χ2v) is 10.2. The van der Waals surface area contributed by atoms with Crippen molar-refractivity contribution >= 4 is 5.69 Å². The molecule has 0 atom stereocenters. The fraction of sp³-hybridized carbons (Fsp3) is 0.520. The van der Waals surface area contributed by atoms with E-state index in [1.165, 1.54) is 65.7 Å². The van der Waals surface area contributed by atoms with Crippen LogP contribution < -0.4 is 4.90 Å². The van der Waals surface area contributed by atoms with Gasteiger partial charge >= 0.3 is 0 Å². The fourth-order valence-corrected chi connectivity index (χ4v) is 5.90. The van der Waals surface area contributed by atoms with E-state index in [1.54, 1.807) is 0 Å². The minimum Gasteiger partial charge on any atom is -0.365 e. The minimum atomic E-state index is 0.0913. The largest absolute Gasteiger partial charge is 0.365 e. The Hall–Kier alpha value is -1.76. The molecule has 4 aliphatic rings. The molecular weight excluding hydrogens is 314 g/mol. The smallest absolute Gasteiger partial charge is 0.0404 e. The third kappa shape index (κ3) is 2.03. The number of hydrogen-bond acceptors (Lipinski definition) is 1. The van der Waals surface area contributed by atoms with Gasteiger partial charge in [-0.2, -0.15) is 0 Å².